The fraction of sp³-hybridized carbons (Fsp3) is 0.545. The highest BCUT2D eigenvalue weighted by Crippen LogP contribution is 2.19. The summed E-state index contributed by atoms with van der Waals surface area (Å²) >= 11 is 1.75. The molecule has 6 heteroatoms. The molecule has 0 fully saturated rings. The maximum atomic E-state index is 13.4. The Morgan fingerprint density at radius 3 is 2.59 bits per heavy atom. The number of rotatable bonds is 6. The first-order chi connectivity index (χ1) is 8.08. The molecule has 0 amide bonds. The minimum Gasteiger partial charge on any atom is -0.371 e. The van der Waals surface area contributed by atoms with E-state index < -0.39 is 11.6 Å². The van der Waals surface area contributed by atoms with E-state index in [2.05, 4.69) is 22.5 Å². The van der Waals surface area contributed by atoms with Crippen molar-refractivity contribution in [3.05, 3.63) is 17.7 Å². The summed E-state index contributed by atoms with van der Waals surface area (Å²) in [5.41, 5.74) is 0. The van der Waals surface area contributed by atoms with Crippen LogP contribution in [0.15, 0.2) is 6.07 Å². The lowest BCUT2D eigenvalue weighted by Crippen LogP contribution is -2.20. The lowest BCUT2D eigenvalue weighted by molar-refractivity contribution is 0.577. The van der Waals surface area contributed by atoms with E-state index in [0.717, 1.165) is 17.6 Å². The molecule has 0 aliphatic rings. The van der Waals surface area contributed by atoms with E-state index in [1.54, 1.807) is 18.8 Å². The van der Waals surface area contributed by atoms with Crippen LogP contribution in [0.4, 0.5) is 20.4 Å². The molecule has 0 saturated heterocycles. The Hall–Kier alpha value is -1.04. The van der Waals surface area contributed by atoms with Crippen LogP contribution in [-0.2, 0) is 0 Å². The van der Waals surface area contributed by atoms with E-state index in [9.17, 15) is 8.78 Å². The fourth-order valence-electron chi connectivity index (χ4n) is 1.31. The second-order valence-corrected chi connectivity index (χ2v) is 4.92. The van der Waals surface area contributed by atoms with Gasteiger partial charge in [0.25, 0.3) is 0 Å². The Morgan fingerprint density at radius 1 is 1.35 bits per heavy atom. The predicted octanol–water partition coefficient (Wildman–Crippen LogP) is 2.96. The Bertz CT molecular complexity index is 374. The average Bonchev–Trinajstić information content (AvgIpc) is 2.30. The van der Waals surface area contributed by atoms with Crippen LogP contribution >= 0.6 is 11.8 Å². The summed E-state index contributed by atoms with van der Waals surface area (Å²) in [6.07, 6.45) is 0. The molecule has 0 aliphatic carbocycles. The number of aromatic nitrogens is 1. The molecule has 1 heterocycles. The lowest BCUT2D eigenvalue weighted by atomic mass is 10.3. The molecule has 3 nitrogen and oxygen atoms in total. The van der Waals surface area contributed by atoms with Gasteiger partial charge in [-0.25, -0.2) is 13.8 Å². The van der Waals surface area contributed by atoms with Gasteiger partial charge in [-0.2, -0.15) is 11.8 Å². The summed E-state index contributed by atoms with van der Waals surface area (Å²) in [5, 5.41) is 5.51. The first-order valence-electron chi connectivity index (χ1n) is 5.46. The van der Waals surface area contributed by atoms with E-state index >= 15 is 0 Å². The van der Waals surface area contributed by atoms with Crippen LogP contribution in [0.3, 0.4) is 0 Å². The topological polar surface area (TPSA) is 37.0 Å². The maximum Gasteiger partial charge on any atom is 0.168 e. The molecule has 1 aromatic rings. The molecule has 0 spiro atoms. The third kappa shape index (κ3) is 4.03. The van der Waals surface area contributed by atoms with Gasteiger partial charge in [0.15, 0.2) is 23.3 Å². The number of anilines is 2. The molecule has 0 saturated carbocycles. The van der Waals surface area contributed by atoms with Gasteiger partial charge in [-0.15, -0.1) is 0 Å². The SMILES string of the molecule is CCSCC(C)Nc1nc(NC)c(F)cc1F. The average molecular weight is 261 g/mol. The molecule has 1 rings (SSSR count). The van der Waals surface area contributed by atoms with Gasteiger partial charge in [-0.05, 0) is 12.7 Å². The van der Waals surface area contributed by atoms with Crippen LogP contribution in [0, 0.1) is 11.6 Å². The minimum atomic E-state index is -0.689. The fourth-order valence-corrected chi connectivity index (χ4v) is 1.99. The number of thioether (sulfide) groups is 1. The van der Waals surface area contributed by atoms with Crippen molar-refractivity contribution in [1.29, 1.82) is 0 Å². The van der Waals surface area contributed by atoms with Crippen molar-refractivity contribution in [2.45, 2.75) is 19.9 Å². The first kappa shape index (κ1) is 14.0. The predicted molar refractivity (Wildman–Crippen MR) is 69.8 cm³/mol. The molecule has 0 aromatic carbocycles. The number of halogens is 2. The van der Waals surface area contributed by atoms with Crippen molar-refractivity contribution in [3.63, 3.8) is 0 Å². The van der Waals surface area contributed by atoms with Crippen molar-refractivity contribution in [3.8, 4) is 0 Å². The van der Waals surface area contributed by atoms with E-state index in [1.165, 1.54) is 0 Å². The molecule has 0 aliphatic heterocycles. The van der Waals surface area contributed by atoms with Gasteiger partial charge < -0.3 is 10.6 Å². The molecule has 0 bridgehead atoms. The van der Waals surface area contributed by atoms with Gasteiger partial charge in [-0.1, -0.05) is 6.92 Å². The number of nitrogens with one attached hydrogen (secondary N) is 2. The standard InChI is InChI=1S/C11H17F2N3S/c1-4-17-6-7(2)15-11-9(13)5-8(12)10(14-3)16-11/h5,7H,4,6H2,1-3H3,(H2,14,15,16). The molecular formula is C11H17F2N3S. The maximum absolute atomic E-state index is 13.4. The zero-order valence-corrected chi connectivity index (χ0v) is 11.0. The largest absolute Gasteiger partial charge is 0.371 e. The molecular weight excluding hydrogens is 244 g/mol. The number of pyridine rings is 1. The highest BCUT2D eigenvalue weighted by Gasteiger charge is 2.12. The smallest absolute Gasteiger partial charge is 0.168 e. The Kier molecular flexibility index (Phi) is 5.47. The molecule has 1 atom stereocenters. The van der Waals surface area contributed by atoms with Crippen molar-refractivity contribution in [2.75, 3.05) is 29.2 Å². The van der Waals surface area contributed by atoms with Crippen LogP contribution in [0.25, 0.3) is 0 Å². The summed E-state index contributed by atoms with van der Waals surface area (Å²) < 4.78 is 26.6. The molecule has 17 heavy (non-hydrogen) atoms. The zero-order chi connectivity index (χ0) is 12.8. The van der Waals surface area contributed by atoms with Crippen LogP contribution in [-0.4, -0.2) is 29.6 Å². The molecule has 1 aromatic heterocycles. The third-order valence-corrected chi connectivity index (χ3v) is 3.27. The van der Waals surface area contributed by atoms with Gasteiger partial charge in [-0.3, -0.25) is 0 Å². The quantitative estimate of drug-likeness (QED) is 0.825. The van der Waals surface area contributed by atoms with E-state index in [4.69, 9.17) is 0 Å². The van der Waals surface area contributed by atoms with Gasteiger partial charge in [0.1, 0.15) is 0 Å². The van der Waals surface area contributed by atoms with Crippen LogP contribution in [0.2, 0.25) is 0 Å². The monoisotopic (exact) mass is 261 g/mol. The summed E-state index contributed by atoms with van der Waals surface area (Å²) in [7, 11) is 1.55. The Morgan fingerprint density at radius 2 is 2.00 bits per heavy atom. The highest BCUT2D eigenvalue weighted by molar-refractivity contribution is 7.99. The molecule has 1 unspecified atom stereocenters. The van der Waals surface area contributed by atoms with E-state index in [1.807, 2.05) is 6.92 Å². The van der Waals surface area contributed by atoms with Crippen molar-refractivity contribution in [2.24, 2.45) is 0 Å². The van der Waals surface area contributed by atoms with Gasteiger partial charge in [0.05, 0.1) is 0 Å². The van der Waals surface area contributed by atoms with Crippen molar-refractivity contribution < 1.29 is 8.78 Å². The number of hydrogen-bond donors (Lipinski definition) is 2. The molecule has 2 N–H and O–H groups in total. The lowest BCUT2D eigenvalue weighted by Gasteiger charge is -2.15. The second-order valence-electron chi connectivity index (χ2n) is 3.60. The summed E-state index contributed by atoms with van der Waals surface area (Å²) in [6, 6.07) is 0.915. The second kappa shape index (κ2) is 6.64. The van der Waals surface area contributed by atoms with Crippen LogP contribution in [0.1, 0.15) is 13.8 Å². The molecule has 0 radical (unpaired) electrons. The zero-order valence-electron chi connectivity index (χ0n) is 10.2. The van der Waals surface area contributed by atoms with E-state index in [0.29, 0.717) is 0 Å². The summed E-state index contributed by atoms with van der Waals surface area (Å²) in [4.78, 5) is 3.86. The van der Waals surface area contributed by atoms with Gasteiger partial charge in [0, 0.05) is 24.9 Å². The normalized spacial score (nSPS) is 12.3. The van der Waals surface area contributed by atoms with Crippen molar-refractivity contribution in [1.82, 2.24) is 4.98 Å². The van der Waals surface area contributed by atoms with Crippen molar-refractivity contribution >= 4 is 23.4 Å². The Balaban J connectivity index is 2.76. The first-order valence-corrected chi connectivity index (χ1v) is 6.62. The Labute approximate surface area is 104 Å². The van der Waals surface area contributed by atoms with Crippen LogP contribution < -0.4 is 10.6 Å². The third-order valence-electron chi connectivity index (χ3n) is 2.12. The van der Waals surface area contributed by atoms with Gasteiger partial charge in [0.2, 0.25) is 0 Å². The number of hydrogen-bond acceptors (Lipinski definition) is 4. The number of nitrogens with zero attached hydrogens (tertiary/aromatic N) is 1. The highest BCUT2D eigenvalue weighted by atomic mass is 32.2. The summed E-state index contributed by atoms with van der Waals surface area (Å²) in [5.74, 6) is 0.627. The van der Waals surface area contributed by atoms with Crippen LogP contribution in [0.5, 0.6) is 0 Å². The van der Waals surface area contributed by atoms with Gasteiger partial charge >= 0.3 is 0 Å². The van der Waals surface area contributed by atoms with E-state index in [-0.39, 0.29) is 17.7 Å². The molecule has 96 valence electrons. The minimum absolute atomic E-state index is 0.0456. The summed E-state index contributed by atoms with van der Waals surface area (Å²) in [6.45, 7) is 4.00.